The topological polar surface area (TPSA) is 127 Å². The number of Topliss-reactive ketones (excluding diaryl/α,β-unsaturated/α-hetero) is 1. The quantitative estimate of drug-likeness (QED) is 0.484. The van der Waals surface area contributed by atoms with Crippen LogP contribution in [-0.2, 0) is 14.3 Å². The molecule has 0 bridgehead atoms. The lowest BCUT2D eigenvalue weighted by molar-refractivity contribution is -0.143. The molecule has 0 aromatic heterocycles. The zero-order valence-corrected chi connectivity index (χ0v) is 10.6. The number of phenols is 1. The van der Waals surface area contributed by atoms with Gasteiger partial charge in [-0.2, -0.15) is 0 Å². The molecule has 4 N–H and O–H groups in total. The second-order valence-corrected chi connectivity index (χ2v) is 4.11. The fraction of sp³-hybridized carbons (Fsp3) is 0.308. The predicted molar refractivity (Wildman–Crippen MR) is 68.2 cm³/mol. The summed E-state index contributed by atoms with van der Waals surface area (Å²) in [6, 6.07) is 4.38. The standard InChI is InChI=1S/C13H15NO6/c14-10(13(18)19)5-6-12(17)20-7-11(16)8-1-3-9(15)4-2-8/h1-4,10,15H,5-7,14H2,(H,18,19). The number of esters is 1. The monoisotopic (exact) mass is 281 g/mol. The number of rotatable bonds is 7. The van der Waals surface area contributed by atoms with Crippen molar-refractivity contribution in [3.05, 3.63) is 29.8 Å². The first kappa shape index (κ1) is 15.6. The fourth-order valence-corrected chi connectivity index (χ4v) is 1.35. The van der Waals surface area contributed by atoms with Crippen molar-refractivity contribution in [1.82, 2.24) is 0 Å². The number of carbonyl (C=O) groups is 3. The first-order valence-electron chi connectivity index (χ1n) is 5.86. The van der Waals surface area contributed by atoms with Crippen molar-refractivity contribution in [1.29, 1.82) is 0 Å². The Bertz CT molecular complexity index is 496. The van der Waals surface area contributed by atoms with E-state index < -0.39 is 30.4 Å². The lowest BCUT2D eigenvalue weighted by Gasteiger charge is -2.06. The second-order valence-electron chi connectivity index (χ2n) is 4.11. The Balaban J connectivity index is 2.35. The number of nitrogens with two attached hydrogens (primary N) is 1. The first-order chi connectivity index (χ1) is 9.40. The summed E-state index contributed by atoms with van der Waals surface area (Å²) in [6.45, 7) is -0.439. The third kappa shape index (κ3) is 5.07. The molecule has 7 nitrogen and oxygen atoms in total. The van der Waals surface area contributed by atoms with E-state index in [2.05, 4.69) is 0 Å². The van der Waals surface area contributed by atoms with Gasteiger partial charge < -0.3 is 20.7 Å². The molecule has 1 atom stereocenters. The van der Waals surface area contributed by atoms with Gasteiger partial charge in [0.25, 0.3) is 0 Å². The highest BCUT2D eigenvalue weighted by Crippen LogP contribution is 2.10. The summed E-state index contributed by atoms with van der Waals surface area (Å²) < 4.78 is 4.72. The van der Waals surface area contributed by atoms with Gasteiger partial charge in [-0.3, -0.25) is 14.4 Å². The molecule has 0 amide bonds. The van der Waals surface area contributed by atoms with E-state index in [9.17, 15) is 14.4 Å². The summed E-state index contributed by atoms with van der Waals surface area (Å²) >= 11 is 0. The molecule has 1 aromatic rings. The van der Waals surface area contributed by atoms with E-state index in [1.165, 1.54) is 24.3 Å². The van der Waals surface area contributed by atoms with Crippen molar-refractivity contribution in [3.63, 3.8) is 0 Å². The van der Waals surface area contributed by atoms with E-state index in [1.54, 1.807) is 0 Å². The van der Waals surface area contributed by atoms with Crippen LogP contribution in [0, 0.1) is 0 Å². The van der Waals surface area contributed by atoms with Crippen LogP contribution in [-0.4, -0.2) is 40.6 Å². The summed E-state index contributed by atoms with van der Waals surface area (Å²) in [6.07, 6.45) is -0.224. The number of benzene rings is 1. The number of carboxylic acid groups (broad SMARTS) is 1. The first-order valence-corrected chi connectivity index (χ1v) is 5.86. The Morgan fingerprint density at radius 3 is 2.35 bits per heavy atom. The summed E-state index contributed by atoms with van der Waals surface area (Å²) in [5, 5.41) is 17.6. The number of aliphatic carboxylic acids is 1. The number of phenolic OH excluding ortho intramolecular Hbond substituents is 1. The van der Waals surface area contributed by atoms with Gasteiger partial charge in [0.05, 0.1) is 0 Å². The van der Waals surface area contributed by atoms with Gasteiger partial charge in [0.15, 0.2) is 12.4 Å². The van der Waals surface area contributed by atoms with E-state index in [-0.39, 0.29) is 18.6 Å². The number of ether oxygens (including phenoxy) is 1. The van der Waals surface area contributed by atoms with Crippen LogP contribution in [0.4, 0.5) is 0 Å². The zero-order valence-electron chi connectivity index (χ0n) is 10.6. The summed E-state index contributed by atoms with van der Waals surface area (Å²) in [4.78, 5) is 33.4. The minimum Gasteiger partial charge on any atom is -0.508 e. The van der Waals surface area contributed by atoms with E-state index in [0.29, 0.717) is 5.56 Å². The molecule has 0 saturated heterocycles. The Morgan fingerprint density at radius 2 is 1.80 bits per heavy atom. The highest BCUT2D eigenvalue weighted by molar-refractivity contribution is 5.98. The molecule has 0 heterocycles. The van der Waals surface area contributed by atoms with Crippen LogP contribution in [0.3, 0.4) is 0 Å². The maximum atomic E-state index is 11.6. The van der Waals surface area contributed by atoms with Crippen LogP contribution in [0.2, 0.25) is 0 Å². The fourth-order valence-electron chi connectivity index (χ4n) is 1.35. The molecular weight excluding hydrogens is 266 g/mol. The highest BCUT2D eigenvalue weighted by Gasteiger charge is 2.15. The third-order valence-electron chi connectivity index (χ3n) is 2.53. The number of carbonyl (C=O) groups excluding carboxylic acids is 2. The van der Waals surface area contributed by atoms with Gasteiger partial charge in [0.1, 0.15) is 11.8 Å². The lowest BCUT2D eigenvalue weighted by atomic mass is 10.1. The molecule has 108 valence electrons. The van der Waals surface area contributed by atoms with Gasteiger partial charge in [0.2, 0.25) is 0 Å². The molecule has 0 aliphatic heterocycles. The average Bonchev–Trinajstić information content (AvgIpc) is 2.42. The van der Waals surface area contributed by atoms with Gasteiger partial charge >= 0.3 is 11.9 Å². The van der Waals surface area contributed by atoms with Crippen LogP contribution < -0.4 is 5.73 Å². The van der Waals surface area contributed by atoms with Gasteiger partial charge in [-0.25, -0.2) is 0 Å². The zero-order chi connectivity index (χ0) is 15.1. The molecule has 0 aliphatic carbocycles. The van der Waals surface area contributed by atoms with Crippen molar-refractivity contribution >= 4 is 17.7 Å². The van der Waals surface area contributed by atoms with Gasteiger partial charge in [-0.05, 0) is 30.7 Å². The summed E-state index contributed by atoms with van der Waals surface area (Å²) in [7, 11) is 0. The molecule has 0 aliphatic rings. The Morgan fingerprint density at radius 1 is 1.20 bits per heavy atom. The largest absolute Gasteiger partial charge is 0.508 e. The molecule has 7 heteroatoms. The number of aromatic hydroxyl groups is 1. The smallest absolute Gasteiger partial charge is 0.320 e. The molecule has 0 saturated carbocycles. The van der Waals surface area contributed by atoms with Crippen LogP contribution in [0.5, 0.6) is 5.75 Å². The number of hydrogen-bond acceptors (Lipinski definition) is 6. The van der Waals surface area contributed by atoms with Crippen molar-refractivity contribution in [2.24, 2.45) is 5.73 Å². The van der Waals surface area contributed by atoms with E-state index in [0.717, 1.165) is 0 Å². The Hall–Kier alpha value is -2.41. The molecule has 1 aromatic carbocycles. The van der Waals surface area contributed by atoms with Gasteiger partial charge in [0, 0.05) is 12.0 Å². The average molecular weight is 281 g/mol. The molecular formula is C13H15NO6. The number of ketones is 1. The SMILES string of the molecule is NC(CCC(=O)OCC(=O)c1ccc(O)cc1)C(=O)O. The highest BCUT2D eigenvalue weighted by atomic mass is 16.5. The van der Waals surface area contributed by atoms with E-state index in [1.807, 2.05) is 0 Å². The number of hydrogen-bond donors (Lipinski definition) is 3. The van der Waals surface area contributed by atoms with Gasteiger partial charge in [-0.15, -0.1) is 0 Å². The molecule has 0 radical (unpaired) electrons. The van der Waals surface area contributed by atoms with Crippen molar-refractivity contribution in [3.8, 4) is 5.75 Å². The van der Waals surface area contributed by atoms with E-state index in [4.69, 9.17) is 20.7 Å². The summed E-state index contributed by atoms with van der Waals surface area (Å²) in [5.74, 6) is -2.27. The maximum Gasteiger partial charge on any atom is 0.320 e. The molecule has 0 spiro atoms. The molecule has 20 heavy (non-hydrogen) atoms. The molecule has 1 rings (SSSR count). The Labute approximate surface area is 115 Å². The minimum absolute atomic E-state index is 0.0289. The maximum absolute atomic E-state index is 11.6. The third-order valence-corrected chi connectivity index (χ3v) is 2.53. The summed E-state index contributed by atoms with van der Waals surface area (Å²) in [5.41, 5.74) is 5.53. The van der Waals surface area contributed by atoms with Gasteiger partial charge in [-0.1, -0.05) is 0 Å². The van der Waals surface area contributed by atoms with Crippen LogP contribution in [0.1, 0.15) is 23.2 Å². The Kier molecular flexibility index (Phi) is 5.67. The molecule has 0 fully saturated rings. The second kappa shape index (κ2) is 7.25. The van der Waals surface area contributed by atoms with Crippen LogP contribution in [0.15, 0.2) is 24.3 Å². The normalized spacial score (nSPS) is 11.7. The lowest BCUT2D eigenvalue weighted by Crippen LogP contribution is -2.30. The van der Waals surface area contributed by atoms with Crippen molar-refractivity contribution in [2.45, 2.75) is 18.9 Å². The minimum atomic E-state index is -1.20. The van der Waals surface area contributed by atoms with E-state index >= 15 is 0 Å². The van der Waals surface area contributed by atoms with Crippen LogP contribution >= 0.6 is 0 Å². The molecule has 1 unspecified atom stereocenters. The van der Waals surface area contributed by atoms with Crippen molar-refractivity contribution in [2.75, 3.05) is 6.61 Å². The van der Waals surface area contributed by atoms with Crippen molar-refractivity contribution < 1.29 is 29.3 Å². The van der Waals surface area contributed by atoms with Crippen LogP contribution in [0.25, 0.3) is 0 Å². The number of carboxylic acids is 1. The predicted octanol–water partition coefficient (Wildman–Crippen LogP) is 0.310.